The third-order valence-electron chi connectivity index (χ3n) is 4.59. The molecule has 1 aliphatic rings. The smallest absolute Gasteiger partial charge is 0.0969 e. The highest BCUT2D eigenvalue weighted by atomic mass is 16.5. The summed E-state index contributed by atoms with van der Waals surface area (Å²) >= 11 is 0. The van der Waals surface area contributed by atoms with Crippen LogP contribution in [0, 0.1) is 5.92 Å². The van der Waals surface area contributed by atoms with Crippen LogP contribution in [0.2, 0.25) is 0 Å². The first kappa shape index (κ1) is 17.1. The van der Waals surface area contributed by atoms with Crippen molar-refractivity contribution in [1.82, 2.24) is 4.90 Å². The monoisotopic (exact) mass is 327 g/mol. The molecule has 2 aromatic rings. The lowest BCUT2D eigenvalue weighted by atomic mass is 9.92. The van der Waals surface area contributed by atoms with Gasteiger partial charge in [-0.15, -0.1) is 0 Å². The summed E-state index contributed by atoms with van der Waals surface area (Å²) in [6, 6.07) is 20.2. The Kier molecular flexibility index (Phi) is 5.99. The summed E-state index contributed by atoms with van der Waals surface area (Å²) in [5, 5.41) is 20.1. The predicted molar refractivity (Wildman–Crippen MR) is 93.3 cm³/mol. The van der Waals surface area contributed by atoms with Crippen molar-refractivity contribution in [2.24, 2.45) is 5.92 Å². The second-order valence-corrected chi connectivity index (χ2v) is 6.45. The minimum atomic E-state index is -0.634. The van der Waals surface area contributed by atoms with Gasteiger partial charge in [0.2, 0.25) is 0 Å². The van der Waals surface area contributed by atoms with Gasteiger partial charge in [0.25, 0.3) is 0 Å². The van der Waals surface area contributed by atoms with E-state index in [-0.39, 0.29) is 18.6 Å². The van der Waals surface area contributed by atoms with E-state index in [1.165, 1.54) is 5.56 Å². The summed E-state index contributed by atoms with van der Waals surface area (Å²) in [4.78, 5) is 2.25. The third-order valence-corrected chi connectivity index (χ3v) is 4.59. The lowest BCUT2D eigenvalue weighted by molar-refractivity contribution is -0.122. The van der Waals surface area contributed by atoms with Crippen LogP contribution in [0.3, 0.4) is 0 Å². The van der Waals surface area contributed by atoms with E-state index in [1.54, 1.807) is 0 Å². The summed E-state index contributed by atoms with van der Waals surface area (Å²) < 4.78 is 5.98. The van der Waals surface area contributed by atoms with E-state index in [0.29, 0.717) is 19.7 Å². The predicted octanol–water partition coefficient (Wildman–Crippen LogP) is 2.06. The third kappa shape index (κ3) is 4.42. The van der Waals surface area contributed by atoms with Crippen molar-refractivity contribution in [3.05, 3.63) is 71.8 Å². The van der Waals surface area contributed by atoms with Gasteiger partial charge in [0.05, 0.1) is 18.8 Å². The molecule has 4 nitrogen and oxygen atoms in total. The van der Waals surface area contributed by atoms with Crippen LogP contribution in [-0.2, 0) is 17.9 Å². The molecule has 0 saturated carbocycles. The largest absolute Gasteiger partial charge is 0.396 e. The Morgan fingerprint density at radius 1 is 0.917 bits per heavy atom. The molecule has 4 heteroatoms. The number of nitrogens with zero attached hydrogens (tertiary/aromatic N) is 1. The van der Waals surface area contributed by atoms with Crippen LogP contribution in [0.5, 0.6) is 0 Å². The standard InChI is InChI=1S/C20H25NO3/c22-14-18-12-21(11-16-7-3-1-4-8-16)13-19(20(18)23)24-15-17-9-5-2-6-10-17/h1-10,18-20,22-23H,11-15H2/t18?,19-,20+/m1/s1. The number of aliphatic hydroxyl groups excluding tert-OH is 2. The molecule has 24 heavy (non-hydrogen) atoms. The number of hydrogen-bond acceptors (Lipinski definition) is 4. The number of aliphatic hydroxyl groups is 2. The average molecular weight is 327 g/mol. The molecule has 2 aromatic carbocycles. The van der Waals surface area contributed by atoms with Gasteiger partial charge in [0.15, 0.2) is 0 Å². The van der Waals surface area contributed by atoms with Crippen LogP contribution in [0.25, 0.3) is 0 Å². The molecule has 1 saturated heterocycles. The Hall–Kier alpha value is -1.72. The van der Waals surface area contributed by atoms with Crippen molar-refractivity contribution in [3.63, 3.8) is 0 Å². The normalized spacial score (nSPS) is 24.8. The maximum atomic E-state index is 10.5. The quantitative estimate of drug-likeness (QED) is 0.853. The molecule has 0 radical (unpaired) electrons. The first-order valence-electron chi connectivity index (χ1n) is 8.47. The van der Waals surface area contributed by atoms with Gasteiger partial charge in [0.1, 0.15) is 0 Å². The summed E-state index contributed by atoms with van der Waals surface area (Å²) in [5.41, 5.74) is 2.32. The zero-order chi connectivity index (χ0) is 16.8. The van der Waals surface area contributed by atoms with Crippen molar-refractivity contribution in [2.75, 3.05) is 19.7 Å². The molecule has 0 aromatic heterocycles. The lowest BCUT2D eigenvalue weighted by Gasteiger charge is -2.40. The van der Waals surface area contributed by atoms with Gasteiger partial charge < -0.3 is 14.9 Å². The van der Waals surface area contributed by atoms with E-state index in [2.05, 4.69) is 17.0 Å². The van der Waals surface area contributed by atoms with Crippen LogP contribution in [0.15, 0.2) is 60.7 Å². The number of hydrogen-bond donors (Lipinski definition) is 2. The Bertz CT molecular complexity index is 605. The second kappa shape index (κ2) is 8.40. The summed E-state index contributed by atoms with van der Waals surface area (Å²) in [6.45, 7) is 2.59. The fraction of sp³-hybridized carbons (Fsp3) is 0.400. The van der Waals surface area contributed by atoms with E-state index in [0.717, 1.165) is 12.1 Å². The van der Waals surface area contributed by atoms with Gasteiger partial charge in [0, 0.05) is 32.2 Å². The molecule has 0 amide bonds. The summed E-state index contributed by atoms with van der Waals surface area (Å²) in [6.07, 6.45) is -0.925. The van der Waals surface area contributed by atoms with Gasteiger partial charge in [-0.2, -0.15) is 0 Å². The SMILES string of the molecule is OCC1CN(Cc2ccccc2)C[C@@H](OCc2ccccc2)[C@H]1O. The van der Waals surface area contributed by atoms with E-state index in [9.17, 15) is 10.2 Å². The lowest BCUT2D eigenvalue weighted by Crippen LogP contribution is -2.54. The zero-order valence-corrected chi connectivity index (χ0v) is 13.8. The number of ether oxygens (including phenoxy) is 1. The maximum absolute atomic E-state index is 10.5. The topological polar surface area (TPSA) is 52.9 Å². The van der Waals surface area contributed by atoms with E-state index >= 15 is 0 Å². The molecule has 0 bridgehead atoms. The van der Waals surface area contributed by atoms with Crippen LogP contribution < -0.4 is 0 Å². The van der Waals surface area contributed by atoms with Crippen molar-refractivity contribution in [3.8, 4) is 0 Å². The van der Waals surface area contributed by atoms with Gasteiger partial charge >= 0.3 is 0 Å². The molecular formula is C20H25NO3. The fourth-order valence-corrected chi connectivity index (χ4v) is 3.25. The Morgan fingerprint density at radius 3 is 2.17 bits per heavy atom. The van der Waals surface area contributed by atoms with Crippen LogP contribution in [0.1, 0.15) is 11.1 Å². The van der Waals surface area contributed by atoms with Gasteiger partial charge in [-0.3, -0.25) is 4.90 Å². The van der Waals surface area contributed by atoms with Crippen molar-refractivity contribution >= 4 is 0 Å². The molecule has 0 aliphatic carbocycles. The summed E-state index contributed by atoms with van der Waals surface area (Å²) in [7, 11) is 0. The van der Waals surface area contributed by atoms with Crippen molar-refractivity contribution in [1.29, 1.82) is 0 Å². The average Bonchev–Trinajstić information content (AvgIpc) is 2.63. The number of likely N-dealkylation sites (tertiary alicyclic amines) is 1. The molecule has 0 spiro atoms. The van der Waals surface area contributed by atoms with E-state index in [1.807, 2.05) is 48.5 Å². The summed E-state index contributed by atoms with van der Waals surface area (Å²) in [5.74, 6) is -0.178. The Balaban J connectivity index is 1.63. The van der Waals surface area contributed by atoms with E-state index < -0.39 is 6.10 Å². The second-order valence-electron chi connectivity index (χ2n) is 6.45. The van der Waals surface area contributed by atoms with Crippen molar-refractivity contribution in [2.45, 2.75) is 25.4 Å². The van der Waals surface area contributed by atoms with Crippen molar-refractivity contribution < 1.29 is 14.9 Å². The molecule has 2 N–H and O–H groups in total. The first-order valence-corrected chi connectivity index (χ1v) is 8.47. The molecule has 1 heterocycles. The maximum Gasteiger partial charge on any atom is 0.0969 e. The van der Waals surface area contributed by atoms with Crippen LogP contribution >= 0.6 is 0 Å². The van der Waals surface area contributed by atoms with Crippen LogP contribution in [0.4, 0.5) is 0 Å². The molecule has 3 atom stereocenters. The van der Waals surface area contributed by atoms with E-state index in [4.69, 9.17) is 4.74 Å². The van der Waals surface area contributed by atoms with Gasteiger partial charge in [-0.25, -0.2) is 0 Å². The minimum Gasteiger partial charge on any atom is -0.396 e. The molecule has 1 aliphatic heterocycles. The highest BCUT2D eigenvalue weighted by molar-refractivity contribution is 5.15. The fourth-order valence-electron chi connectivity index (χ4n) is 3.25. The van der Waals surface area contributed by atoms with Gasteiger partial charge in [-0.05, 0) is 11.1 Å². The molecule has 1 unspecified atom stereocenters. The number of benzene rings is 2. The number of rotatable bonds is 6. The highest BCUT2D eigenvalue weighted by Crippen LogP contribution is 2.22. The minimum absolute atomic E-state index is 0.0301. The van der Waals surface area contributed by atoms with Crippen LogP contribution in [-0.4, -0.2) is 47.0 Å². The first-order chi connectivity index (χ1) is 11.8. The number of piperidine rings is 1. The Morgan fingerprint density at radius 2 is 1.54 bits per heavy atom. The zero-order valence-electron chi connectivity index (χ0n) is 13.8. The highest BCUT2D eigenvalue weighted by Gasteiger charge is 2.35. The molecule has 3 rings (SSSR count). The molecule has 128 valence electrons. The molecular weight excluding hydrogens is 302 g/mol. The molecule has 1 fully saturated rings. The van der Waals surface area contributed by atoms with Gasteiger partial charge in [-0.1, -0.05) is 60.7 Å². The Labute approximate surface area is 143 Å².